The summed E-state index contributed by atoms with van der Waals surface area (Å²) in [6.07, 6.45) is -6.42. The molecule has 0 saturated heterocycles. The second-order valence-corrected chi connectivity index (χ2v) is 7.74. The molecular weight excluding hydrogens is 511 g/mol. The largest absolute Gasteiger partial charge is 0.470 e. The zero-order valence-electron chi connectivity index (χ0n) is 18.2. The van der Waals surface area contributed by atoms with Crippen molar-refractivity contribution in [1.29, 1.82) is 0 Å². The van der Waals surface area contributed by atoms with Crippen molar-refractivity contribution >= 4 is 17.7 Å². The molecule has 2 unspecified atom stereocenters. The second kappa shape index (κ2) is 9.95. The van der Waals surface area contributed by atoms with Crippen molar-refractivity contribution in [1.82, 2.24) is 9.97 Å². The van der Waals surface area contributed by atoms with Gasteiger partial charge in [0.15, 0.2) is 12.4 Å². The van der Waals surface area contributed by atoms with Crippen molar-refractivity contribution in [2.24, 2.45) is 10.7 Å². The van der Waals surface area contributed by atoms with Gasteiger partial charge in [-0.1, -0.05) is 6.07 Å². The lowest BCUT2D eigenvalue weighted by Gasteiger charge is -2.36. The number of ether oxygens (including phenoxy) is 2. The molecule has 2 aromatic rings. The Hall–Kier alpha value is -3.36. The lowest BCUT2D eigenvalue weighted by molar-refractivity contribution is -0.246. The Morgan fingerprint density at radius 1 is 1.22 bits per heavy atom. The molecule has 1 aliphatic heterocycles. The molecule has 1 aromatic heterocycles. The first-order valence-electron chi connectivity index (χ1n) is 9.96. The van der Waals surface area contributed by atoms with Crippen LogP contribution in [0.5, 0.6) is 5.88 Å². The second-order valence-electron chi connectivity index (χ2n) is 7.74. The molecule has 6 nitrogen and oxygen atoms in total. The molecule has 0 saturated carbocycles. The minimum absolute atomic E-state index is 0.0560. The fourth-order valence-corrected chi connectivity index (χ4v) is 2.91. The first-order valence-corrected chi connectivity index (χ1v) is 9.96. The van der Waals surface area contributed by atoms with Gasteiger partial charge >= 0.3 is 18.5 Å². The van der Waals surface area contributed by atoms with E-state index in [0.29, 0.717) is 6.92 Å². The molecule has 1 aromatic carbocycles. The molecule has 0 radical (unpaired) electrons. The molecule has 196 valence electrons. The minimum atomic E-state index is -4.86. The van der Waals surface area contributed by atoms with E-state index < -0.39 is 72.4 Å². The number of hydrogen-bond acceptors (Lipinski definition) is 6. The van der Waals surface area contributed by atoms with E-state index in [1.807, 2.05) is 0 Å². The van der Waals surface area contributed by atoms with E-state index >= 15 is 0 Å². The zero-order valence-corrected chi connectivity index (χ0v) is 18.2. The first-order chi connectivity index (χ1) is 16.6. The normalized spacial score (nSPS) is 21.5. The maximum atomic E-state index is 14.6. The van der Waals surface area contributed by atoms with E-state index in [2.05, 4.69) is 19.7 Å². The lowest BCUT2D eigenvalue weighted by Crippen LogP contribution is -2.57. The molecule has 0 bridgehead atoms. The van der Waals surface area contributed by atoms with Crippen LogP contribution in [0.15, 0.2) is 35.6 Å². The fourth-order valence-electron chi connectivity index (χ4n) is 2.91. The van der Waals surface area contributed by atoms with Gasteiger partial charge < -0.3 is 15.2 Å². The van der Waals surface area contributed by atoms with Gasteiger partial charge in [-0.25, -0.2) is 27.5 Å². The number of amidine groups is 1. The summed E-state index contributed by atoms with van der Waals surface area (Å²) in [5.74, 6) is -7.75. The molecule has 2 heterocycles. The van der Waals surface area contributed by atoms with Crippen LogP contribution in [0.25, 0.3) is 11.9 Å². The van der Waals surface area contributed by atoms with Crippen molar-refractivity contribution in [2.75, 3.05) is 13.2 Å². The number of rotatable bonds is 7. The van der Waals surface area contributed by atoms with Gasteiger partial charge in [-0.2, -0.15) is 22.0 Å². The van der Waals surface area contributed by atoms with Crippen molar-refractivity contribution in [3.8, 4) is 5.88 Å². The summed E-state index contributed by atoms with van der Waals surface area (Å²) in [4.78, 5) is 10.8. The van der Waals surface area contributed by atoms with E-state index in [4.69, 9.17) is 10.5 Å². The fraction of sp³-hybridized carbons (Fsp3) is 0.381. The van der Waals surface area contributed by atoms with Crippen LogP contribution in [-0.2, 0) is 4.74 Å². The third-order valence-electron chi connectivity index (χ3n) is 5.13. The van der Waals surface area contributed by atoms with Crippen molar-refractivity contribution in [2.45, 2.75) is 37.1 Å². The van der Waals surface area contributed by atoms with Gasteiger partial charge in [0.05, 0.1) is 19.0 Å². The molecule has 2 N–H and O–H groups in total. The summed E-state index contributed by atoms with van der Waals surface area (Å²) in [7, 11) is 0. The number of benzene rings is 1. The highest BCUT2D eigenvalue weighted by atomic mass is 19.4. The summed E-state index contributed by atoms with van der Waals surface area (Å²) >= 11 is 0. The average molecular weight is 528 g/mol. The highest BCUT2D eigenvalue weighted by molar-refractivity contribution is 5.90. The summed E-state index contributed by atoms with van der Waals surface area (Å²) in [5, 5.41) is 0. The Balaban J connectivity index is 1.78. The van der Waals surface area contributed by atoms with Crippen LogP contribution in [0.3, 0.4) is 0 Å². The van der Waals surface area contributed by atoms with Crippen LogP contribution in [-0.4, -0.2) is 53.1 Å². The lowest BCUT2D eigenvalue weighted by atomic mass is 9.98. The van der Waals surface area contributed by atoms with Crippen LogP contribution >= 0.6 is 0 Å². The van der Waals surface area contributed by atoms with Gasteiger partial charge in [0.25, 0.3) is 0 Å². The van der Waals surface area contributed by atoms with Gasteiger partial charge in [0.1, 0.15) is 23.4 Å². The van der Waals surface area contributed by atoms with Crippen LogP contribution in [0.1, 0.15) is 29.8 Å². The number of nitrogens with zero attached hydrogens (tertiary/aromatic N) is 3. The smallest absolute Gasteiger partial charge is 0.424 e. The molecule has 0 amide bonds. The highest BCUT2D eigenvalue weighted by Crippen LogP contribution is 2.39. The van der Waals surface area contributed by atoms with Gasteiger partial charge in [-0.3, -0.25) is 4.99 Å². The predicted molar refractivity (Wildman–Crippen MR) is 109 cm³/mol. The average Bonchev–Trinajstić information content (AvgIpc) is 2.80. The van der Waals surface area contributed by atoms with Gasteiger partial charge in [-0.05, 0) is 30.7 Å². The summed E-state index contributed by atoms with van der Waals surface area (Å²) < 4.78 is 128. The third kappa shape index (κ3) is 5.71. The maximum Gasteiger partial charge on any atom is 0.424 e. The standard InChI is InChI=1S/C21H17F9N4O2/c1-19(21(28,29)30)18(31)34-15(8-36-19)11-4-10(2-3-12(11)22)5-13(23)14-6-33-16(7-32-14)35-9-20(26,27)17(24)25/h2-7,15,17H,8-9H2,1H3,(H2,31,34)/b13-5-. The molecular formula is C21H17F9N4O2. The SMILES string of the molecule is CC1(C(F)(F)F)OCC(c2cc(/C=C(\F)c3cnc(OCC(F)(F)C(F)F)cn3)ccc2F)N=C1N. The van der Waals surface area contributed by atoms with E-state index in [9.17, 15) is 39.5 Å². The molecule has 0 spiro atoms. The van der Waals surface area contributed by atoms with E-state index in [1.54, 1.807) is 0 Å². The van der Waals surface area contributed by atoms with Crippen LogP contribution < -0.4 is 10.5 Å². The van der Waals surface area contributed by atoms with Crippen molar-refractivity contribution < 1.29 is 49.0 Å². The predicted octanol–water partition coefficient (Wildman–Crippen LogP) is 5.11. The third-order valence-corrected chi connectivity index (χ3v) is 5.13. The number of aliphatic imine (C=N–C) groups is 1. The topological polar surface area (TPSA) is 82.6 Å². The Morgan fingerprint density at radius 2 is 1.92 bits per heavy atom. The van der Waals surface area contributed by atoms with Crippen molar-refractivity contribution in [3.63, 3.8) is 0 Å². The monoisotopic (exact) mass is 528 g/mol. The van der Waals surface area contributed by atoms with E-state index in [0.717, 1.165) is 36.7 Å². The molecule has 0 fully saturated rings. The summed E-state index contributed by atoms with van der Waals surface area (Å²) in [6, 6.07) is 1.97. The maximum absolute atomic E-state index is 14.6. The van der Waals surface area contributed by atoms with E-state index in [-0.39, 0.29) is 11.1 Å². The highest BCUT2D eigenvalue weighted by Gasteiger charge is 2.57. The molecule has 36 heavy (non-hydrogen) atoms. The first kappa shape index (κ1) is 27.2. The molecule has 15 heteroatoms. The van der Waals surface area contributed by atoms with Gasteiger partial charge in [-0.15, -0.1) is 0 Å². The number of aromatic nitrogens is 2. The Labute approximate surface area is 197 Å². The quantitative estimate of drug-likeness (QED) is 0.505. The molecule has 0 aliphatic carbocycles. The Morgan fingerprint density at radius 3 is 2.47 bits per heavy atom. The summed E-state index contributed by atoms with van der Waals surface area (Å²) in [5.41, 5.74) is 2.05. The molecule has 1 aliphatic rings. The Kier molecular flexibility index (Phi) is 7.53. The number of halogens is 9. The minimum Gasteiger partial charge on any atom is -0.470 e. The zero-order chi connectivity index (χ0) is 26.9. The number of nitrogens with two attached hydrogens (primary N) is 1. The summed E-state index contributed by atoms with van der Waals surface area (Å²) in [6.45, 7) is -1.63. The van der Waals surface area contributed by atoms with E-state index in [1.165, 1.54) is 0 Å². The molecule has 2 atom stereocenters. The van der Waals surface area contributed by atoms with Gasteiger partial charge in [0.2, 0.25) is 11.5 Å². The van der Waals surface area contributed by atoms with Crippen LogP contribution in [0.4, 0.5) is 39.5 Å². The number of hydrogen-bond donors (Lipinski definition) is 1. The molecule has 3 rings (SSSR count). The van der Waals surface area contributed by atoms with Crippen molar-refractivity contribution in [3.05, 3.63) is 53.2 Å². The van der Waals surface area contributed by atoms with Gasteiger partial charge in [0, 0.05) is 5.56 Å². The van der Waals surface area contributed by atoms with Crippen LogP contribution in [0, 0.1) is 5.82 Å². The van der Waals surface area contributed by atoms with Crippen LogP contribution in [0.2, 0.25) is 0 Å². The Bertz CT molecular complexity index is 1150. The number of alkyl halides is 7.